The average Bonchev–Trinajstić information content (AvgIpc) is 2.86. The molecule has 0 saturated heterocycles. The highest BCUT2D eigenvalue weighted by molar-refractivity contribution is 6.30. The minimum Gasteiger partial charge on any atom is -0.302 e. The number of fused-ring (bicyclic) bond motifs is 1. The number of benzene rings is 3. The summed E-state index contributed by atoms with van der Waals surface area (Å²) < 4.78 is 0. The Kier molecular flexibility index (Phi) is 5.04. The smallest absolute Gasteiger partial charge is 0.249 e. The number of rotatable bonds is 4. The second kappa shape index (κ2) is 7.79. The number of carbonyl (C=O) groups excluding carboxylic acids is 2. The molecule has 4 rings (SSSR count). The van der Waals surface area contributed by atoms with E-state index in [9.17, 15) is 9.59 Å². The molecular formula is C23H17ClN2O2. The highest BCUT2D eigenvalue weighted by atomic mass is 35.5. The van der Waals surface area contributed by atoms with Crippen molar-refractivity contribution in [2.75, 3.05) is 18.0 Å². The van der Waals surface area contributed by atoms with E-state index >= 15 is 0 Å². The SMILES string of the molecule is O=C(CN1C(=O)CN=C(c2ccccc2)c2ccccc21)c1ccc(Cl)cc1. The van der Waals surface area contributed by atoms with Crippen LogP contribution in [0, 0.1) is 0 Å². The van der Waals surface area contributed by atoms with Crippen molar-refractivity contribution in [1.29, 1.82) is 0 Å². The van der Waals surface area contributed by atoms with Crippen LogP contribution in [-0.4, -0.2) is 30.5 Å². The first kappa shape index (κ1) is 18.1. The number of anilines is 1. The quantitative estimate of drug-likeness (QED) is 0.622. The predicted molar refractivity (Wildman–Crippen MR) is 112 cm³/mol. The van der Waals surface area contributed by atoms with E-state index in [2.05, 4.69) is 4.99 Å². The molecule has 3 aromatic carbocycles. The first-order valence-corrected chi connectivity index (χ1v) is 9.29. The molecule has 4 nitrogen and oxygen atoms in total. The zero-order valence-electron chi connectivity index (χ0n) is 15.0. The van der Waals surface area contributed by atoms with E-state index in [0.717, 1.165) is 16.8 Å². The molecule has 0 aliphatic carbocycles. The lowest BCUT2D eigenvalue weighted by Crippen LogP contribution is -2.37. The molecule has 0 bridgehead atoms. The van der Waals surface area contributed by atoms with Gasteiger partial charge < -0.3 is 4.90 Å². The zero-order valence-corrected chi connectivity index (χ0v) is 15.8. The van der Waals surface area contributed by atoms with Crippen molar-refractivity contribution in [2.24, 2.45) is 4.99 Å². The van der Waals surface area contributed by atoms with E-state index in [1.165, 1.54) is 4.90 Å². The summed E-state index contributed by atoms with van der Waals surface area (Å²) in [7, 11) is 0. The first-order chi connectivity index (χ1) is 13.6. The standard InChI is InChI=1S/C23H17ClN2O2/c24-18-12-10-16(11-13-18)21(27)15-26-20-9-5-4-8-19(20)23(25-14-22(26)28)17-6-2-1-3-7-17/h1-13H,14-15H2. The molecule has 0 unspecified atom stereocenters. The van der Waals surface area contributed by atoms with Crippen LogP contribution >= 0.6 is 11.6 Å². The number of Topliss-reactive ketones (excluding diaryl/α,β-unsaturated/α-hetero) is 1. The molecule has 3 aromatic rings. The third kappa shape index (κ3) is 3.59. The maximum Gasteiger partial charge on any atom is 0.249 e. The van der Waals surface area contributed by atoms with E-state index < -0.39 is 0 Å². The summed E-state index contributed by atoms with van der Waals surface area (Å²) in [5.74, 6) is -0.358. The minimum atomic E-state index is -0.208. The molecule has 1 amide bonds. The van der Waals surface area contributed by atoms with Crippen LogP contribution in [0.5, 0.6) is 0 Å². The number of ketones is 1. The Balaban J connectivity index is 1.71. The highest BCUT2D eigenvalue weighted by Gasteiger charge is 2.26. The maximum atomic E-state index is 12.8. The number of hydrogen-bond acceptors (Lipinski definition) is 3. The summed E-state index contributed by atoms with van der Waals surface area (Å²) >= 11 is 5.90. The number of nitrogens with zero attached hydrogens (tertiary/aromatic N) is 2. The van der Waals surface area contributed by atoms with Gasteiger partial charge in [-0.15, -0.1) is 0 Å². The Morgan fingerprint density at radius 3 is 2.36 bits per heavy atom. The van der Waals surface area contributed by atoms with E-state index in [4.69, 9.17) is 11.6 Å². The van der Waals surface area contributed by atoms with Crippen LogP contribution < -0.4 is 4.90 Å². The van der Waals surface area contributed by atoms with Crippen molar-refractivity contribution in [3.8, 4) is 0 Å². The number of para-hydroxylation sites is 1. The van der Waals surface area contributed by atoms with E-state index in [-0.39, 0.29) is 24.8 Å². The van der Waals surface area contributed by atoms with Gasteiger partial charge in [0.2, 0.25) is 5.91 Å². The zero-order chi connectivity index (χ0) is 19.5. The van der Waals surface area contributed by atoms with Gasteiger partial charge in [0.15, 0.2) is 5.78 Å². The molecule has 0 atom stereocenters. The molecule has 0 fully saturated rings. The molecule has 0 saturated carbocycles. The van der Waals surface area contributed by atoms with Gasteiger partial charge in [-0.05, 0) is 30.3 Å². The van der Waals surface area contributed by atoms with Gasteiger partial charge in [-0.1, -0.05) is 60.1 Å². The van der Waals surface area contributed by atoms with Gasteiger partial charge in [0.25, 0.3) is 0 Å². The highest BCUT2D eigenvalue weighted by Crippen LogP contribution is 2.27. The lowest BCUT2D eigenvalue weighted by Gasteiger charge is -2.22. The Labute approximate surface area is 168 Å². The minimum absolute atomic E-state index is 0.00714. The Hall–Kier alpha value is -3.24. The fourth-order valence-electron chi connectivity index (χ4n) is 3.25. The maximum absolute atomic E-state index is 12.8. The summed E-state index contributed by atoms with van der Waals surface area (Å²) in [6, 6.07) is 24.0. The topological polar surface area (TPSA) is 49.7 Å². The van der Waals surface area contributed by atoms with E-state index in [1.54, 1.807) is 24.3 Å². The van der Waals surface area contributed by atoms with Crippen molar-refractivity contribution in [2.45, 2.75) is 0 Å². The lowest BCUT2D eigenvalue weighted by molar-refractivity contribution is -0.117. The Morgan fingerprint density at radius 2 is 1.61 bits per heavy atom. The Morgan fingerprint density at radius 1 is 0.929 bits per heavy atom. The van der Waals surface area contributed by atoms with E-state index in [1.807, 2.05) is 54.6 Å². The van der Waals surface area contributed by atoms with Crippen LogP contribution in [0.1, 0.15) is 21.5 Å². The van der Waals surface area contributed by atoms with Gasteiger partial charge in [0.1, 0.15) is 6.54 Å². The van der Waals surface area contributed by atoms with Crippen LogP contribution in [-0.2, 0) is 4.79 Å². The van der Waals surface area contributed by atoms with Gasteiger partial charge in [0.05, 0.1) is 17.9 Å². The van der Waals surface area contributed by atoms with Crippen LogP contribution in [0.4, 0.5) is 5.69 Å². The molecule has 28 heavy (non-hydrogen) atoms. The summed E-state index contributed by atoms with van der Waals surface area (Å²) in [6.07, 6.45) is 0. The molecule has 1 aliphatic rings. The second-order valence-electron chi connectivity index (χ2n) is 6.46. The van der Waals surface area contributed by atoms with Gasteiger partial charge in [-0.25, -0.2) is 0 Å². The molecule has 138 valence electrons. The van der Waals surface area contributed by atoms with Crippen molar-refractivity contribution < 1.29 is 9.59 Å². The summed E-state index contributed by atoms with van der Waals surface area (Å²) in [5.41, 5.74) is 3.74. The van der Waals surface area contributed by atoms with Gasteiger partial charge in [-0.2, -0.15) is 0 Å². The summed E-state index contributed by atoms with van der Waals surface area (Å²) in [6.45, 7) is -0.0537. The van der Waals surface area contributed by atoms with Crippen molar-refractivity contribution >= 4 is 34.7 Å². The average molecular weight is 389 g/mol. The van der Waals surface area contributed by atoms with Gasteiger partial charge in [0, 0.05) is 21.7 Å². The molecular weight excluding hydrogens is 372 g/mol. The lowest BCUT2D eigenvalue weighted by atomic mass is 10.00. The molecule has 0 radical (unpaired) electrons. The van der Waals surface area contributed by atoms with Crippen molar-refractivity contribution in [3.63, 3.8) is 0 Å². The van der Waals surface area contributed by atoms with Crippen LogP contribution in [0.25, 0.3) is 0 Å². The van der Waals surface area contributed by atoms with Crippen molar-refractivity contribution in [1.82, 2.24) is 0 Å². The second-order valence-corrected chi connectivity index (χ2v) is 6.89. The van der Waals surface area contributed by atoms with Crippen LogP contribution in [0.2, 0.25) is 5.02 Å². The predicted octanol–water partition coefficient (Wildman–Crippen LogP) is 4.41. The molecule has 0 N–H and O–H groups in total. The number of amides is 1. The molecule has 1 heterocycles. The summed E-state index contributed by atoms with van der Waals surface area (Å²) in [5, 5.41) is 0.564. The number of hydrogen-bond donors (Lipinski definition) is 0. The van der Waals surface area contributed by atoms with E-state index in [0.29, 0.717) is 16.3 Å². The third-order valence-electron chi connectivity index (χ3n) is 4.64. The molecule has 5 heteroatoms. The van der Waals surface area contributed by atoms with Gasteiger partial charge >= 0.3 is 0 Å². The van der Waals surface area contributed by atoms with Crippen LogP contribution in [0.3, 0.4) is 0 Å². The fraction of sp³-hybridized carbons (Fsp3) is 0.0870. The third-order valence-corrected chi connectivity index (χ3v) is 4.89. The number of benzodiazepines with no additional fused rings is 1. The van der Waals surface area contributed by atoms with Crippen molar-refractivity contribution in [3.05, 3.63) is 101 Å². The summed E-state index contributed by atoms with van der Waals surface area (Å²) in [4.78, 5) is 31.7. The monoisotopic (exact) mass is 388 g/mol. The van der Waals surface area contributed by atoms with Crippen LogP contribution in [0.15, 0.2) is 83.9 Å². The molecule has 0 spiro atoms. The fourth-order valence-corrected chi connectivity index (χ4v) is 3.37. The normalized spacial score (nSPS) is 13.5. The number of aliphatic imine (C=N–C) groups is 1. The largest absolute Gasteiger partial charge is 0.302 e. The van der Waals surface area contributed by atoms with Gasteiger partial charge in [-0.3, -0.25) is 14.6 Å². The number of carbonyl (C=O) groups is 2. The Bertz CT molecular complexity index is 1060. The molecule has 0 aromatic heterocycles. The number of halogens is 1. The first-order valence-electron chi connectivity index (χ1n) is 8.92. The molecule has 1 aliphatic heterocycles.